The Morgan fingerprint density at radius 2 is 2.22 bits per heavy atom. The maximum atomic E-state index is 11.3. The van der Waals surface area contributed by atoms with Gasteiger partial charge in [-0.2, -0.15) is 0 Å². The number of nitrogens with one attached hydrogen (secondary N) is 1. The molecule has 0 bridgehead atoms. The Morgan fingerprint density at radius 3 is 2.78 bits per heavy atom. The van der Waals surface area contributed by atoms with Gasteiger partial charge in [-0.1, -0.05) is 15.9 Å². The summed E-state index contributed by atoms with van der Waals surface area (Å²) in [6.45, 7) is 1.35. The number of hydrogen-bond donors (Lipinski definition) is 1. The first kappa shape index (κ1) is 13.0. The standard InChI is InChI=1S/C10H7Br2N3O3/c1-5(16)13-7-3-2-6(11)4-8(7)15-9(12)10(17)18-14-15/h2-4H,1H3,(H-,13,14,16,17). The molecule has 1 aromatic carbocycles. The van der Waals surface area contributed by atoms with Gasteiger partial charge in [-0.05, 0) is 34.9 Å². The van der Waals surface area contributed by atoms with Crippen molar-refractivity contribution < 1.29 is 14.3 Å². The Hall–Kier alpha value is -1.41. The quantitative estimate of drug-likeness (QED) is 0.485. The molecule has 8 heteroatoms. The fourth-order valence-corrected chi connectivity index (χ4v) is 2.05. The Balaban J connectivity index is 2.69. The first-order valence-electron chi connectivity index (χ1n) is 4.80. The van der Waals surface area contributed by atoms with E-state index in [4.69, 9.17) is 0 Å². The molecule has 0 radical (unpaired) electrons. The van der Waals surface area contributed by atoms with Crippen LogP contribution in [0.1, 0.15) is 6.92 Å². The lowest BCUT2D eigenvalue weighted by Gasteiger charge is -2.03. The van der Waals surface area contributed by atoms with E-state index >= 15 is 0 Å². The summed E-state index contributed by atoms with van der Waals surface area (Å²) in [5.41, 5.74) is 0.384. The fourth-order valence-electron chi connectivity index (χ4n) is 1.36. The number of rotatable bonds is 2. The van der Waals surface area contributed by atoms with E-state index in [0.717, 1.165) is 4.47 Å². The van der Waals surface area contributed by atoms with Crippen molar-refractivity contribution in [2.75, 3.05) is 0 Å². The number of benzene rings is 1. The van der Waals surface area contributed by atoms with Gasteiger partial charge in [-0.3, -0.25) is 9.52 Å². The molecule has 0 aliphatic carbocycles. The zero-order valence-corrected chi connectivity index (χ0v) is 12.3. The van der Waals surface area contributed by atoms with E-state index in [1.165, 1.54) is 11.6 Å². The zero-order chi connectivity index (χ0) is 13.3. The van der Waals surface area contributed by atoms with Gasteiger partial charge in [-0.25, -0.2) is 4.79 Å². The number of aromatic amines is 1. The lowest BCUT2D eigenvalue weighted by atomic mass is 10.2. The lowest BCUT2D eigenvalue weighted by molar-refractivity contribution is -0.679. The highest BCUT2D eigenvalue weighted by molar-refractivity contribution is 9.10. The minimum Gasteiger partial charge on any atom is -0.862 e. The van der Waals surface area contributed by atoms with Gasteiger partial charge in [0.15, 0.2) is 0 Å². The molecule has 0 spiro atoms. The number of halogens is 2. The number of aromatic nitrogens is 2. The topological polar surface area (TPSA) is 85.3 Å². The highest BCUT2D eigenvalue weighted by atomic mass is 79.9. The molecule has 0 aliphatic rings. The van der Waals surface area contributed by atoms with Gasteiger partial charge in [0.1, 0.15) is 5.69 Å². The van der Waals surface area contributed by atoms with Crippen LogP contribution >= 0.6 is 31.9 Å². The second kappa shape index (κ2) is 5.07. The van der Waals surface area contributed by atoms with Crippen LogP contribution < -0.4 is 15.4 Å². The molecule has 1 aromatic heterocycles. The van der Waals surface area contributed by atoms with Gasteiger partial charge in [-0.15, -0.1) is 0 Å². The first-order valence-corrected chi connectivity index (χ1v) is 6.39. The molecule has 0 saturated heterocycles. The molecule has 2 aromatic rings. The molecule has 0 saturated carbocycles. The van der Waals surface area contributed by atoms with E-state index in [0.29, 0.717) is 11.4 Å². The van der Waals surface area contributed by atoms with Crippen LogP contribution in [0.5, 0.6) is 0 Å². The third-order valence-corrected chi connectivity index (χ3v) is 3.22. The molecule has 2 rings (SSSR count). The Kier molecular flexibility index (Phi) is 3.67. The Labute approximate surface area is 118 Å². The van der Waals surface area contributed by atoms with Crippen LogP contribution in [0.2, 0.25) is 0 Å². The number of nitrogens with zero attached hydrogens (tertiary/aromatic N) is 2. The van der Waals surface area contributed by atoms with Gasteiger partial charge >= 0.3 is 10.2 Å². The maximum Gasteiger partial charge on any atom is 0.442 e. The number of aliphatic imine (C=N–C) groups is 1. The molecule has 1 N–H and O–H groups in total. The molecular formula is C10H7Br2N3O3. The molecule has 18 heavy (non-hydrogen) atoms. The predicted molar refractivity (Wildman–Crippen MR) is 69.0 cm³/mol. The summed E-state index contributed by atoms with van der Waals surface area (Å²) in [5, 5.41) is 13.5. The largest absolute Gasteiger partial charge is 0.862 e. The molecule has 0 unspecified atom stereocenters. The predicted octanol–water partition coefficient (Wildman–Crippen LogP) is 1.18. The van der Waals surface area contributed by atoms with Crippen molar-refractivity contribution in [3.63, 3.8) is 0 Å². The summed E-state index contributed by atoms with van der Waals surface area (Å²) in [6, 6.07) is 5.11. The minimum atomic E-state index is -0.552. The van der Waals surface area contributed by atoms with Crippen LogP contribution in [0.3, 0.4) is 0 Å². The van der Waals surface area contributed by atoms with Crippen LogP contribution in [-0.4, -0.2) is 11.2 Å². The van der Waals surface area contributed by atoms with E-state index in [2.05, 4.69) is 46.6 Å². The van der Waals surface area contributed by atoms with Gasteiger partial charge in [0, 0.05) is 26.5 Å². The van der Waals surface area contributed by atoms with Crippen LogP contribution in [0.4, 0.5) is 5.69 Å². The average molecular weight is 377 g/mol. The lowest BCUT2D eigenvalue weighted by Crippen LogP contribution is -2.35. The molecule has 6 nitrogen and oxygen atoms in total. The fraction of sp³-hybridized carbons (Fsp3) is 0.100. The average Bonchev–Trinajstić information content (AvgIpc) is 2.62. The van der Waals surface area contributed by atoms with Crippen LogP contribution in [0, 0.1) is 0 Å². The van der Waals surface area contributed by atoms with Crippen molar-refractivity contribution in [2.45, 2.75) is 6.92 Å². The molecule has 0 aliphatic heterocycles. The summed E-state index contributed by atoms with van der Waals surface area (Å²) in [5.74, 6) is -0.332. The molecule has 94 valence electrons. The molecule has 1 heterocycles. The monoisotopic (exact) mass is 375 g/mol. The van der Waals surface area contributed by atoms with Crippen molar-refractivity contribution >= 4 is 43.4 Å². The highest BCUT2D eigenvalue weighted by Crippen LogP contribution is 2.24. The third kappa shape index (κ3) is 2.54. The SMILES string of the molecule is CC([O-])=Nc1ccc(Br)cc1-[n+]1[nH]oc(=O)c1Br. The van der Waals surface area contributed by atoms with Crippen LogP contribution in [-0.2, 0) is 0 Å². The van der Waals surface area contributed by atoms with Crippen molar-refractivity contribution in [3.05, 3.63) is 37.7 Å². The smallest absolute Gasteiger partial charge is 0.442 e. The third-order valence-electron chi connectivity index (χ3n) is 2.05. The number of hydrogen-bond acceptors (Lipinski definition) is 4. The summed E-state index contributed by atoms with van der Waals surface area (Å²) in [7, 11) is 0. The van der Waals surface area contributed by atoms with E-state index in [-0.39, 0.29) is 10.5 Å². The summed E-state index contributed by atoms with van der Waals surface area (Å²) >= 11 is 6.41. The Bertz CT molecular complexity index is 671. The van der Waals surface area contributed by atoms with E-state index in [1.54, 1.807) is 18.2 Å². The first-order chi connectivity index (χ1) is 8.49. The second-order valence-corrected chi connectivity index (χ2v) is 5.04. The Morgan fingerprint density at radius 1 is 1.50 bits per heavy atom. The van der Waals surface area contributed by atoms with Crippen molar-refractivity contribution in [1.82, 2.24) is 5.27 Å². The number of H-pyrrole nitrogens is 1. The molecule has 0 atom stereocenters. The van der Waals surface area contributed by atoms with E-state index < -0.39 is 5.63 Å². The van der Waals surface area contributed by atoms with E-state index in [1.807, 2.05) is 0 Å². The van der Waals surface area contributed by atoms with Crippen LogP contribution in [0.15, 0.2) is 41.6 Å². The summed E-state index contributed by atoms with van der Waals surface area (Å²) < 4.78 is 6.96. The van der Waals surface area contributed by atoms with Crippen LogP contribution in [0.25, 0.3) is 5.69 Å². The van der Waals surface area contributed by atoms with Gasteiger partial charge in [0.05, 0.1) is 0 Å². The highest BCUT2D eigenvalue weighted by Gasteiger charge is 2.23. The van der Waals surface area contributed by atoms with Gasteiger partial charge in [0.2, 0.25) is 0 Å². The molecule has 0 amide bonds. The molecule has 0 fully saturated rings. The maximum absolute atomic E-state index is 11.3. The van der Waals surface area contributed by atoms with Crippen molar-refractivity contribution in [3.8, 4) is 5.69 Å². The minimum absolute atomic E-state index is 0.181. The van der Waals surface area contributed by atoms with Gasteiger partial charge in [0.25, 0.3) is 5.69 Å². The zero-order valence-electron chi connectivity index (χ0n) is 9.11. The van der Waals surface area contributed by atoms with Crippen molar-refractivity contribution in [1.29, 1.82) is 0 Å². The normalized spacial score (nSPS) is 11.8. The van der Waals surface area contributed by atoms with Crippen molar-refractivity contribution in [2.24, 2.45) is 4.99 Å². The summed E-state index contributed by atoms with van der Waals surface area (Å²) in [4.78, 5) is 15.1. The summed E-state index contributed by atoms with van der Waals surface area (Å²) in [6.07, 6.45) is 0. The van der Waals surface area contributed by atoms with E-state index in [9.17, 15) is 9.90 Å². The van der Waals surface area contributed by atoms with Gasteiger partial charge < -0.3 is 5.11 Å². The second-order valence-electron chi connectivity index (χ2n) is 3.37. The molecular weight excluding hydrogens is 370 g/mol.